The number of urea groups is 1. The second kappa shape index (κ2) is 5.57. The lowest BCUT2D eigenvalue weighted by Crippen LogP contribution is -2.41. The molecule has 1 aromatic carbocycles. The average Bonchev–Trinajstić information content (AvgIpc) is 2.88. The van der Waals surface area contributed by atoms with Crippen LogP contribution in [-0.4, -0.2) is 23.5 Å². The summed E-state index contributed by atoms with van der Waals surface area (Å²) in [4.78, 5) is 14.0. The van der Waals surface area contributed by atoms with E-state index < -0.39 is 0 Å². The highest BCUT2D eigenvalue weighted by atomic mass is 16.2. The minimum Gasteiger partial charge on any atom is -0.314 e. The van der Waals surface area contributed by atoms with Crippen molar-refractivity contribution in [3.8, 4) is 6.07 Å². The third-order valence-corrected chi connectivity index (χ3v) is 3.18. The van der Waals surface area contributed by atoms with Gasteiger partial charge in [-0.2, -0.15) is 5.26 Å². The maximum atomic E-state index is 12.2. The van der Waals surface area contributed by atoms with Gasteiger partial charge in [-0.3, -0.25) is 0 Å². The maximum Gasteiger partial charge on any atom is 0.322 e. The lowest BCUT2D eigenvalue weighted by molar-refractivity contribution is 0.199. The standard InChI is InChI=1S/C15H17N3O/c1-11(2)14-7-4-8-18(14)15(19)17-13-6-3-5-12(9-13)10-16/h3-7,9,11,14H,8H2,1-2H3,(H,17,19)/t14-/m1/s1. The van der Waals surface area contributed by atoms with Crippen LogP contribution in [0.4, 0.5) is 10.5 Å². The Balaban J connectivity index is 2.07. The van der Waals surface area contributed by atoms with Gasteiger partial charge in [0, 0.05) is 12.2 Å². The molecular weight excluding hydrogens is 238 g/mol. The molecule has 1 atom stereocenters. The topological polar surface area (TPSA) is 56.1 Å². The lowest BCUT2D eigenvalue weighted by atomic mass is 10.1. The van der Waals surface area contributed by atoms with Crippen LogP contribution in [0, 0.1) is 17.2 Å². The van der Waals surface area contributed by atoms with E-state index in [0.29, 0.717) is 23.7 Å². The zero-order chi connectivity index (χ0) is 13.8. The molecule has 0 saturated carbocycles. The molecule has 0 aromatic heterocycles. The van der Waals surface area contributed by atoms with Crippen molar-refractivity contribution in [3.05, 3.63) is 42.0 Å². The van der Waals surface area contributed by atoms with Crippen molar-refractivity contribution in [3.63, 3.8) is 0 Å². The van der Waals surface area contributed by atoms with Crippen LogP contribution in [-0.2, 0) is 0 Å². The molecule has 0 radical (unpaired) electrons. The van der Waals surface area contributed by atoms with Crippen LogP contribution in [0.1, 0.15) is 19.4 Å². The van der Waals surface area contributed by atoms with Crippen molar-refractivity contribution in [1.29, 1.82) is 5.26 Å². The molecule has 1 aromatic rings. The van der Waals surface area contributed by atoms with Crippen LogP contribution in [0.15, 0.2) is 36.4 Å². The van der Waals surface area contributed by atoms with Gasteiger partial charge in [-0.1, -0.05) is 32.1 Å². The maximum absolute atomic E-state index is 12.2. The van der Waals surface area contributed by atoms with E-state index in [9.17, 15) is 4.79 Å². The minimum absolute atomic E-state index is 0.126. The number of amides is 2. The molecule has 4 heteroatoms. The van der Waals surface area contributed by atoms with Crippen LogP contribution in [0.3, 0.4) is 0 Å². The second-order valence-corrected chi connectivity index (χ2v) is 4.94. The number of hydrogen-bond acceptors (Lipinski definition) is 2. The Morgan fingerprint density at radius 2 is 2.32 bits per heavy atom. The van der Waals surface area contributed by atoms with Gasteiger partial charge in [-0.05, 0) is 24.1 Å². The summed E-state index contributed by atoms with van der Waals surface area (Å²) in [6.45, 7) is 4.82. The van der Waals surface area contributed by atoms with Gasteiger partial charge >= 0.3 is 6.03 Å². The van der Waals surface area contributed by atoms with E-state index in [1.807, 2.05) is 6.08 Å². The third kappa shape index (κ3) is 2.94. The van der Waals surface area contributed by atoms with E-state index in [4.69, 9.17) is 5.26 Å². The van der Waals surface area contributed by atoms with E-state index >= 15 is 0 Å². The first-order valence-electron chi connectivity index (χ1n) is 6.36. The van der Waals surface area contributed by atoms with Gasteiger partial charge in [-0.25, -0.2) is 4.79 Å². The summed E-state index contributed by atoms with van der Waals surface area (Å²) in [7, 11) is 0. The highest BCUT2D eigenvalue weighted by Crippen LogP contribution is 2.19. The molecule has 1 aliphatic heterocycles. The number of anilines is 1. The summed E-state index contributed by atoms with van der Waals surface area (Å²) in [5.74, 6) is 0.384. The average molecular weight is 255 g/mol. The molecule has 0 fully saturated rings. The van der Waals surface area contributed by atoms with E-state index in [-0.39, 0.29) is 12.1 Å². The number of carbonyl (C=O) groups is 1. The fourth-order valence-corrected chi connectivity index (χ4v) is 2.20. The minimum atomic E-state index is -0.126. The van der Waals surface area contributed by atoms with Gasteiger partial charge in [-0.15, -0.1) is 0 Å². The number of carbonyl (C=O) groups excluding carboxylic acids is 1. The molecule has 0 bridgehead atoms. The van der Waals surface area contributed by atoms with E-state index in [2.05, 4.69) is 31.3 Å². The molecule has 1 heterocycles. The Hall–Kier alpha value is -2.28. The summed E-state index contributed by atoms with van der Waals surface area (Å²) in [5, 5.41) is 11.7. The molecule has 1 N–H and O–H groups in total. The Kier molecular flexibility index (Phi) is 3.86. The molecule has 19 heavy (non-hydrogen) atoms. The first kappa shape index (κ1) is 13.2. The molecule has 2 amide bonds. The molecule has 1 aliphatic rings. The SMILES string of the molecule is CC(C)[C@H]1C=CCN1C(=O)Nc1cccc(C#N)c1. The van der Waals surface area contributed by atoms with E-state index in [1.165, 1.54) is 0 Å². The summed E-state index contributed by atoms with van der Waals surface area (Å²) in [6, 6.07) is 9.00. The number of nitrogens with one attached hydrogen (secondary N) is 1. The smallest absolute Gasteiger partial charge is 0.314 e. The van der Waals surface area contributed by atoms with Crippen LogP contribution in [0.5, 0.6) is 0 Å². The molecule has 0 aliphatic carbocycles. The molecule has 2 rings (SSSR count). The summed E-state index contributed by atoms with van der Waals surface area (Å²) >= 11 is 0. The number of rotatable bonds is 2. The Labute approximate surface area is 113 Å². The van der Waals surface area contributed by atoms with Gasteiger partial charge in [0.05, 0.1) is 17.7 Å². The monoisotopic (exact) mass is 255 g/mol. The first-order chi connectivity index (χ1) is 9.11. The number of nitriles is 1. The van der Waals surface area contributed by atoms with Crippen LogP contribution >= 0.6 is 0 Å². The van der Waals surface area contributed by atoms with E-state index in [0.717, 1.165) is 0 Å². The van der Waals surface area contributed by atoms with Crippen LogP contribution in [0.2, 0.25) is 0 Å². The summed E-state index contributed by atoms with van der Waals surface area (Å²) in [5.41, 5.74) is 1.19. The van der Waals surface area contributed by atoms with Crippen molar-refractivity contribution >= 4 is 11.7 Å². The summed E-state index contributed by atoms with van der Waals surface area (Å²) < 4.78 is 0. The van der Waals surface area contributed by atoms with Crippen LogP contribution in [0.25, 0.3) is 0 Å². The zero-order valence-electron chi connectivity index (χ0n) is 11.1. The molecule has 0 saturated heterocycles. The predicted octanol–water partition coefficient (Wildman–Crippen LogP) is 2.99. The Morgan fingerprint density at radius 3 is 3.00 bits per heavy atom. The molecule has 4 nitrogen and oxygen atoms in total. The van der Waals surface area contributed by atoms with Crippen LogP contribution < -0.4 is 5.32 Å². The largest absolute Gasteiger partial charge is 0.322 e. The lowest BCUT2D eigenvalue weighted by Gasteiger charge is -2.27. The number of nitrogens with zero attached hydrogens (tertiary/aromatic N) is 2. The van der Waals surface area contributed by atoms with Gasteiger partial charge in [0.2, 0.25) is 0 Å². The zero-order valence-corrected chi connectivity index (χ0v) is 11.1. The van der Waals surface area contributed by atoms with Crippen molar-refractivity contribution in [2.24, 2.45) is 5.92 Å². The van der Waals surface area contributed by atoms with Gasteiger partial charge in [0.15, 0.2) is 0 Å². The molecular formula is C15H17N3O. The summed E-state index contributed by atoms with van der Waals surface area (Å²) in [6.07, 6.45) is 4.08. The van der Waals surface area contributed by atoms with Crippen molar-refractivity contribution in [2.75, 3.05) is 11.9 Å². The first-order valence-corrected chi connectivity index (χ1v) is 6.36. The fourth-order valence-electron chi connectivity index (χ4n) is 2.20. The Morgan fingerprint density at radius 1 is 1.53 bits per heavy atom. The van der Waals surface area contributed by atoms with Gasteiger partial charge in [0.25, 0.3) is 0 Å². The molecule has 0 unspecified atom stereocenters. The van der Waals surface area contributed by atoms with Crippen molar-refractivity contribution in [2.45, 2.75) is 19.9 Å². The van der Waals surface area contributed by atoms with Crippen molar-refractivity contribution < 1.29 is 4.79 Å². The van der Waals surface area contributed by atoms with Gasteiger partial charge < -0.3 is 10.2 Å². The van der Waals surface area contributed by atoms with E-state index in [1.54, 1.807) is 29.2 Å². The second-order valence-electron chi connectivity index (χ2n) is 4.94. The third-order valence-electron chi connectivity index (χ3n) is 3.18. The normalized spacial score (nSPS) is 17.6. The Bertz CT molecular complexity index is 543. The number of hydrogen-bond donors (Lipinski definition) is 1. The van der Waals surface area contributed by atoms with Gasteiger partial charge in [0.1, 0.15) is 0 Å². The highest BCUT2D eigenvalue weighted by Gasteiger charge is 2.26. The fraction of sp³-hybridized carbons (Fsp3) is 0.333. The molecule has 0 spiro atoms. The quantitative estimate of drug-likeness (QED) is 0.826. The molecule has 98 valence electrons. The predicted molar refractivity (Wildman–Crippen MR) is 74.6 cm³/mol. The number of benzene rings is 1. The highest BCUT2D eigenvalue weighted by molar-refractivity contribution is 5.90. The van der Waals surface area contributed by atoms with Crippen molar-refractivity contribution in [1.82, 2.24) is 4.90 Å².